The predicted molar refractivity (Wildman–Crippen MR) is 87.9 cm³/mol. The van der Waals surface area contributed by atoms with E-state index in [0.29, 0.717) is 10.1 Å². The van der Waals surface area contributed by atoms with Crippen molar-refractivity contribution in [2.45, 2.75) is 6.61 Å². The summed E-state index contributed by atoms with van der Waals surface area (Å²) < 4.78 is 2.02. The fraction of sp³-hybridized carbons (Fsp3) is 0.0625. The first-order valence-corrected chi connectivity index (χ1v) is 7.57. The average Bonchev–Trinajstić information content (AvgIpc) is 2.56. The zero-order chi connectivity index (χ0) is 16.2. The Kier molecular flexibility index (Phi) is 4.50. The van der Waals surface area contributed by atoms with Gasteiger partial charge in [0.15, 0.2) is 0 Å². The number of hydrogen-bond acceptors (Lipinski definition) is 4. The maximum absolute atomic E-state index is 12.3. The van der Waals surface area contributed by atoms with E-state index in [2.05, 4.69) is 26.4 Å². The molecule has 23 heavy (non-hydrogen) atoms. The molecule has 2 heterocycles. The number of halogens is 1. The van der Waals surface area contributed by atoms with Gasteiger partial charge in [-0.15, -0.1) is 0 Å². The van der Waals surface area contributed by atoms with Gasteiger partial charge in [-0.3, -0.25) is 18.8 Å². The zero-order valence-corrected chi connectivity index (χ0v) is 13.5. The standard InChI is InChI=1S/C16H12BrN3O3/c17-12-6-7-14-18-8-13(16(22)20(14)9-12)15(21)19-23-10-11-4-2-1-3-5-11/h1-9H,10H2,(H,19,21). The molecule has 0 saturated heterocycles. The summed E-state index contributed by atoms with van der Waals surface area (Å²) in [4.78, 5) is 33.7. The van der Waals surface area contributed by atoms with E-state index < -0.39 is 11.5 Å². The largest absolute Gasteiger partial charge is 0.282 e. The van der Waals surface area contributed by atoms with Crippen LogP contribution in [0.2, 0.25) is 0 Å². The van der Waals surface area contributed by atoms with Crippen molar-refractivity contribution in [1.82, 2.24) is 14.9 Å². The lowest BCUT2D eigenvalue weighted by Crippen LogP contribution is -2.31. The van der Waals surface area contributed by atoms with Gasteiger partial charge in [0.05, 0.1) is 6.61 Å². The molecule has 0 radical (unpaired) electrons. The van der Waals surface area contributed by atoms with E-state index in [1.807, 2.05) is 30.3 Å². The summed E-state index contributed by atoms with van der Waals surface area (Å²) in [6.07, 6.45) is 2.80. The molecular weight excluding hydrogens is 362 g/mol. The Morgan fingerprint density at radius 1 is 1.22 bits per heavy atom. The van der Waals surface area contributed by atoms with Crippen LogP contribution in [0.25, 0.3) is 5.65 Å². The molecule has 0 aliphatic heterocycles. The van der Waals surface area contributed by atoms with Crippen LogP contribution < -0.4 is 11.0 Å². The molecule has 0 spiro atoms. The number of hydrogen-bond donors (Lipinski definition) is 1. The molecule has 0 bridgehead atoms. The van der Waals surface area contributed by atoms with Crippen LogP contribution in [0.3, 0.4) is 0 Å². The minimum Gasteiger partial charge on any atom is -0.269 e. The second-order valence-corrected chi connectivity index (χ2v) is 5.67. The molecule has 1 amide bonds. The molecule has 3 rings (SSSR count). The molecule has 0 saturated carbocycles. The number of carbonyl (C=O) groups excluding carboxylic acids is 1. The number of nitrogens with one attached hydrogen (secondary N) is 1. The maximum atomic E-state index is 12.3. The Labute approximate surface area is 139 Å². The lowest BCUT2D eigenvalue weighted by atomic mass is 10.2. The number of carbonyl (C=O) groups is 1. The van der Waals surface area contributed by atoms with Gasteiger partial charge in [-0.1, -0.05) is 30.3 Å². The van der Waals surface area contributed by atoms with Gasteiger partial charge in [0.2, 0.25) is 0 Å². The predicted octanol–water partition coefficient (Wildman–Crippen LogP) is 2.32. The second kappa shape index (κ2) is 6.72. The molecule has 0 aliphatic rings. The molecule has 1 N–H and O–H groups in total. The van der Waals surface area contributed by atoms with E-state index in [1.54, 1.807) is 18.3 Å². The third-order valence-corrected chi connectivity index (χ3v) is 3.63. The lowest BCUT2D eigenvalue weighted by molar-refractivity contribution is 0.0232. The minimum atomic E-state index is -0.632. The van der Waals surface area contributed by atoms with Gasteiger partial charge in [0.25, 0.3) is 11.5 Å². The van der Waals surface area contributed by atoms with E-state index >= 15 is 0 Å². The van der Waals surface area contributed by atoms with Crippen LogP contribution in [-0.2, 0) is 11.4 Å². The third-order valence-electron chi connectivity index (χ3n) is 3.16. The molecule has 2 aromatic heterocycles. The molecule has 0 fully saturated rings. The summed E-state index contributed by atoms with van der Waals surface area (Å²) >= 11 is 3.28. The van der Waals surface area contributed by atoms with Crippen LogP contribution in [0, 0.1) is 0 Å². The molecule has 7 heteroatoms. The topological polar surface area (TPSA) is 72.7 Å². The molecule has 1 aromatic carbocycles. The van der Waals surface area contributed by atoms with Crippen LogP contribution in [0.1, 0.15) is 15.9 Å². The van der Waals surface area contributed by atoms with Gasteiger partial charge < -0.3 is 0 Å². The summed E-state index contributed by atoms with van der Waals surface area (Å²) in [6.45, 7) is 0.209. The van der Waals surface area contributed by atoms with Crippen molar-refractivity contribution in [2.75, 3.05) is 0 Å². The monoisotopic (exact) mass is 373 g/mol. The number of hydroxylamine groups is 1. The van der Waals surface area contributed by atoms with Crippen molar-refractivity contribution in [3.63, 3.8) is 0 Å². The van der Waals surface area contributed by atoms with Crippen molar-refractivity contribution in [2.24, 2.45) is 0 Å². The first-order chi connectivity index (χ1) is 11.1. The Bertz CT molecular complexity index is 909. The molecule has 6 nitrogen and oxygen atoms in total. The van der Waals surface area contributed by atoms with Gasteiger partial charge in [0.1, 0.15) is 11.2 Å². The van der Waals surface area contributed by atoms with Gasteiger partial charge in [0, 0.05) is 16.9 Å². The maximum Gasteiger partial charge on any atom is 0.282 e. The molecule has 0 unspecified atom stereocenters. The summed E-state index contributed by atoms with van der Waals surface area (Å²) in [5.74, 6) is -0.632. The highest BCUT2D eigenvalue weighted by atomic mass is 79.9. The molecule has 3 aromatic rings. The van der Waals surface area contributed by atoms with Gasteiger partial charge in [-0.05, 0) is 33.6 Å². The zero-order valence-electron chi connectivity index (χ0n) is 11.9. The Morgan fingerprint density at radius 3 is 2.78 bits per heavy atom. The van der Waals surface area contributed by atoms with Gasteiger partial charge in [-0.2, -0.15) is 0 Å². The summed E-state index contributed by atoms with van der Waals surface area (Å²) in [7, 11) is 0. The number of pyridine rings is 1. The Balaban J connectivity index is 1.76. The van der Waals surface area contributed by atoms with Crippen molar-refractivity contribution < 1.29 is 9.63 Å². The van der Waals surface area contributed by atoms with E-state index in [0.717, 1.165) is 5.56 Å². The normalized spacial score (nSPS) is 10.7. The Morgan fingerprint density at radius 2 is 2.00 bits per heavy atom. The fourth-order valence-corrected chi connectivity index (χ4v) is 2.36. The number of benzene rings is 1. The number of amides is 1. The Hall–Kier alpha value is -2.51. The van der Waals surface area contributed by atoms with E-state index in [4.69, 9.17) is 4.84 Å². The highest BCUT2D eigenvalue weighted by Gasteiger charge is 2.13. The van der Waals surface area contributed by atoms with E-state index in [9.17, 15) is 9.59 Å². The third kappa shape index (κ3) is 3.46. The van der Waals surface area contributed by atoms with E-state index in [1.165, 1.54) is 10.6 Å². The van der Waals surface area contributed by atoms with Crippen molar-refractivity contribution in [3.05, 3.63) is 80.8 Å². The molecular formula is C16H12BrN3O3. The van der Waals surface area contributed by atoms with E-state index in [-0.39, 0.29) is 12.2 Å². The number of fused-ring (bicyclic) bond motifs is 1. The minimum absolute atomic E-state index is 0.0892. The van der Waals surface area contributed by atoms with Crippen LogP contribution in [0.5, 0.6) is 0 Å². The number of rotatable bonds is 4. The fourth-order valence-electron chi connectivity index (χ4n) is 2.02. The van der Waals surface area contributed by atoms with Crippen LogP contribution in [-0.4, -0.2) is 15.3 Å². The highest BCUT2D eigenvalue weighted by Crippen LogP contribution is 2.09. The first kappa shape index (κ1) is 15.4. The van der Waals surface area contributed by atoms with Gasteiger partial charge >= 0.3 is 0 Å². The quantitative estimate of drug-likeness (QED) is 0.712. The molecule has 0 aliphatic carbocycles. The van der Waals surface area contributed by atoms with Crippen molar-refractivity contribution in [1.29, 1.82) is 0 Å². The SMILES string of the molecule is O=C(NOCc1ccccc1)c1cnc2ccc(Br)cn2c1=O. The van der Waals surface area contributed by atoms with Crippen molar-refractivity contribution in [3.8, 4) is 0 Å². The van der Waals surface area contributed by atoms with Crippen LogP contribution in [0.4, 0.5) is 0 Å². The highest BCUT2D eigenvalue weighted by molar-refractivity contribution is 9.10. The van der Waals surface area contributed by atoms with Gasteiger partial charge in [-0.25, -0.2) is 10.5 Å². The summed E-state index contributed by atoms with van der Waals surface area (Å²) in [5, 5.41) is 0. The number of aromatic nitrogens is 2. The summed E-state index contributed by atoms with van der Waals surface area (Å²) in [5.41, 5.74) is 3.08. The summed E-state index contributed by atoms with van der Waals surface area (Å²) in [6, 6.07) is 12.8. The van der Waals surface area contributed by atoms with Crippen LogP contribution in [0.15, 0.2) is 64.1 Å². The smallest absolute Gasteiger partial charge is 0.269 e. The van der Waals surface area contributed by atoms with Crippen LogP contribution >= 0.6 is 15.9 Å². The average molecular weight is 374 g/mol. The lowest BCUT2D eigenvalue weighted by Gasteiger charge is -2.07. The molecule has 0 atom stereocenters. The van der Waals surface area contributed by atoms with Crippen molar-refractivity contribution >= 4 is 27.5 Å². The number of nitrogens with zero attached hydrogens (tertiary/aromatic N) is 2. The molecule has 116 valence electrons. The second-order valence-electron chi connectivity index (χ2n) is 4.76. The first-order valence-electron chi connectivity index (χ1n) is 6.78.